The molecule has 17 heavy (non-hydrogen) atoms. The average Bonchev–Trinajstić information content (AvgIpc) is 2.69. The normalized spacial score (nSPS) is 13.4. The molecule has 4 nitrogen and oxygen atoms in total. The van der Waals surface area contributed by atoms with E-state index in [1.54, 1.807) is 25.2 Å². The maximum atomic E-state index is 11.5. The second kappa shape index (κ2) is 4.57. The molecule has 0 saturated heterocycles. The van der Waals surface area contributed by atoms with Crippen LogP contribution in [0.1, 0.15) is 29.3 Å². The minimum atomic E-state index is -0.378. The lowest BCUT2D eigenvalue weighted by Gasteiger charge is -2.14. The smallest absolute Gasteiger partial charge is 0.410 e. The molecule has 1 aromatic rings. The van der Waals surface area contributed by atoms with Gasteiger partial charge >= 0.3 is 6.09 Å². The van der Waals surface area contributed by atoms with Crippen molar-refractivity contribution in [2.45, 2.75) is 19.8 Å². The van der Waals surface area contributed by atoms with Crippen LogP contribution >= 0.6 is 0 Å². The van der Waals surface area contributed by atoms with Gasteiger partial charge in [-0.15, -0.1) is 0 Å². The Morgan fingerprint density at radius 2 is 2.18 bits per heavy atom. The molecule has 0 saturated carbocycles. The first-order valence-electron chi connectivity index (χ1n) is 5.71. The highest BCUT2D eigenvalue weighted by Crippen LogP contribution is 2.26. The predicted octanol–water partition coefficient (Wildman–Crippen LogP) is 2.27. The zero-order valence-electron chi connectivity index (χ0n) is 10.0. The lowest BCUT2D eigenvalue weighted by molar-refractivity contribution is 0.0994. The summed E-state index contributed by atoms with van der Waals surface area (Å²) in [6.07, 6.45) is 0.918. The molecule has 1 aliphatic rings. The summed E-state index contributed by atoms with van der Waals surface area (Å²) in [7, 11) is 1.68. The largest absolute Gasteiger partial charge is 0.414 e. The molecule has 1 aliphatic carbocycles. The summed E-state index contributed by atoms with van der Waals surface area (Å²) in [4.78, 5) is 24.5. The van der Waals surface area contributed by atoms with Gasteiger partial charge in [-0.25, -0.2) is 4.79 Å². The molecule has 0 aliphatic heterocycles. The minimum absolute atomic E-state index is 0.170. The molecule has 1 amide bonds. The number of carbonyl (C=O) groups excluding carboxylic acids is 2. The summed E-state index contributed by atoms with van der Waals surface area (Å²) in [5, 5.41) is 0. The molecule has 90 valence electrons. The third-order valence-corrected chi connectivity index (χ3v) is 2.99. The van der Waals surface area contributed by atoms with Gasteiger partial charge in [0.15, 0.2) is 5.78 Å². The summed E-state index contributed by atoms with van der Waals surface area (Å²) in [5.41, 5.74) is 1.73. The van der Waals surface area contributed by atoms with Gasteiger partial charge in [0, 0.05) is 25.6 Å². The molecule has 0 bridgehead atoms. The Labute approximate surface area is 100 Å². The van der Waals surface area contributed by atoms with Crippen molar-refractivity contribution in [3.8, 4) is 5.75 Å². The molecule has 0 N–H and O–H groups in total. The fourth-order valence-electron chi connectivity index (χ4n) is 1.80. The van der Waals surface area contributed by atoms with Gasteiger partial charge in [-0.3, -0.25) is 4.79 Å². The van der Waals surface area contributed by atoms with Gasteiger partial charge in [-0.2, -0.15) is 0 Å². The number of nitrogens with zero attached hydrogens (tertiary/aromatic N) is 1. The first-order valence-corrected chi connectivity index (χ1v) is 5.71. The van der Waals surface area contributed by atoms with E-state index in [4.69, 9.17) is 4.74 Å². The van der Waals surface area contributed by atoms with Gasteiger partial charge in [-0.05, 0) is 37.1 Å². The zero-order valence-corrected chi connectivity index (χ0v) is 10.0. The minimum Gasteiger partial charge on any atom is -0.410 e. The monoisotopic (exact) mass is 233 g/mol. The molecule has 0 spiro atoms. The standard InChI is InChI=1S/C13H15NO3/c1-3-14(2)13(16)17-10-5-6-11-9(8-10)4-7-12(11)15/h5-6,8H,3-4,7H2,1-2H3. The van der Waals surface area contributed by atoms with E-state index < -0.39 is 0 Å². The van der Waals surface area contributed by atoms with E-state index in [2.05, 4.69) is 0 Å². The third-order valence-electron chi connectivity index (χ3n) is 2.99. The van der Waals surface area contributed by atoms with Crippen LogP contribution in [-0.4, -0.2) is 30.4 Å². The van der Waals surface area contributed by atoms with E-state index in [0.29, 0.717) is 18.7 Å². The molecule has 0 atom stereocenters. The number of aryl methyl sites for hydroxylation is 1. The quantitative estimate of drug-likeness (QED) is 0.787. The second-order valence-corrected chi connectivity index (χ2v) is 4.12. The summed E-state index contributed by atoms with van der Waals surface area (Å²) < 4.78 is 5.20. The number of carbonyl (C=O) groups is 2. The third kappa shape index (κ3) is 2.30. The maximum absolute atomic E-state index is 11.5. The van der Waals surface area contributed by atoms with Gasteiger partial charge in [0.05, 0.1) is 0 Å². The number of hydrogen-bond donors (Lipinski definition) is 0. The molecule has 0 heterocycles. The number of rotatable bonds is 2. The number of hydrogen-bond acceptors (Lipinski definition) is 3. The molecule has 0 aromatic heterocycles. The molecule has 2 rings (SSSR count). The van der Waals surface area contributed by atoms with Gasteiger partial charge < -0.3 is 9.64 Å². The fraction of sp³-hybridized carbons (Fsp3) is 0.385. The van der Waals surface area contributed by atoms with Gasteiger partial charge in [0.2, 0.25) is 0 Å². The van der Waals surface area contributed by atoms with Crippen molar-refractivity contribution in [2.75, 3.05) is 13.6 Å². The van der Waals surface area contributed by atoms with Crippen molar-refractivity contribution in [3.05, 3.63) is 29.3 Å². The Morgan fingerprint density at radius 3 is 2.88 bits per heavy atom. The van der Waals surface area contributed by atoms with Crippen molar-refractivity contribution < 1.29 is 14.3 Å². The van der Waals surface area contributed by atoms with Crippen molar-refractivity contribution in [1.29, 1.82) is 0 Å². The van der Waals surface area contributed by atoms with Crippen molar-refractivity contribution in [1.82, 2.24) is 4.90 Å². The van der Waals surface area contributed by atoms with Crippen LogP contribution in [0.15, 0.2) is 18.2 Å². The summed E-state index contributed by atoms with van der Waals surface area (Å²) in [5.74, 6) is 0.673. The molecule has 0 fully saturated rings. The maximum Gasteiger partial charge on any atom is 0.414 e. The number of benzene rings is 1. The van der Waals surface area contributed by atoms with Crippen LogP contribution in [-0.2, 0) is 6.42 Å². The van der Waals surface area contributed by atoms with Crippen molar-refractivity contribution in [3.63, 3.8) is 0 Å². The molecule has 0 unspecified atom stereocenters. The van der Waals surface area contributed by atoms with Crippen LogP contribution in [0.4, 0.5) is 4.79 Å². The van der Waals surface area contributed by atoms with Crippen LogP contribution in [0.3, 0.4) is 0 Å². The Balaban J connectivity index is 2.14. The highest BCUT2D eigenvalue weighted by atomic mass is 16.6. The van der Waals surface area contributed by atoms with E-state index in [1.165, 1.54) is 4.90 Å². The highest BCUT2D eigenvalue weighted by Gasteiger charge is 2.20. The predicted molar refractivity (Wildman–Crippen MR) is 63.4 cm³/mol. The van der Waals surface area contributed by atoms with Crippen LogP contribution < -0.4 is 4.74 Å². The SMILES string of the molecule is CCN(C)C(=O)Oc1ccc2c(c1)CCC2=O. The van der Waals surface area contributed by atoms with Gasteiger partial charge in [0.1, 0.15) is 5.75 Å². The van der Waals surface area contributed by atoms with Crippen molar-refractivity contribution >= 4 is 11.9 Å². The molecule has 0 radical (unpaired) electrons. The van der Waals surface area contributed by atoms with Crippen LogP contribution in [0.2, 0.25) is 0 Å². The number of fused-ring (bicyclic) bond motifs is 1. The van der Waals surface area contributed by atoms with E-state index in [-0.39, 0.29) is 11.9 Å². The molecular weight excluding hydrogens is 218 g/mol. The molecule has 4 heteroatoms. The first kappa shape index (κ1) is 11.6. The fourth-order valence-corrected chi connectivity index (χ4v) is 1.80. The van der Waals surface area contributed by atoms with Gasteiger partial charge in [-0.1, -0.05) is 0 Å². The van der Waals surface area contributed by atoms with Gasteiger partial charge in [0.25, 0.3) is 0 Å². The molecule has 1 aromatic carbocycles. The Morgan fingerprint density at radius 1 is 1.41 bits per heavy atom. The van der Waals surface area contributed by atoms with E-state index in [9.17, 15) is 9.59 Å². The number of amides is 1. The lowest BCUT2D eigenvalue weighted by atomic mass is 10.1. The van der Waals surface area contributed by atoms with E-state index in [0.717, 1.165) is 17.5 Å². The lowest BCUT2D eigenvalue weighted by Crippen LogP contribution is -2.29. The van der Waals surface area contributed by atoms with E-state index >= 15 is 0 Å². The summed E-state index contributed by atoms with van der Waals surface area (Å²) >= 11 is 0. The number of ketones is 1. The average molecular weight is 233 g/mol. The van der Waals surface area contributed by atoms with Crippen molar-refractivity contribution in [2.24, 2.45) is 0 Å². The van der Waals surface area contributed by atoms with Crippen LogP contribution in [0.25, 0.3) is 0 Å². The Kier molecular flexibility index (Phi) is 3.13. The Hall–Kier alpha value is -1.84. The van der Waals surface area contributed by atoms with Crippen LogP contribution in [0.5, 0.6) is 5.75 Å². The number of ether oxygens (including phenoxy) is 1. The zero-order chi connectivity index (χ0) is 12.4. The van der Waals surface area contributed by atoms with E-state index in [1.807, 2.05) is 6.92 Å². The highest BCUT2D eigenvalue weighted by molar-refractivity contribution is 6.00. The van der Waals surface area contributed by atoms with Crippen LogP contribution in [0, 0.1) is 0 Å². The summed E-state index contributed by atoms with van der Waals surface area (Å²) in [6.45, 7) is 2.48. The topological polar surface area (TPSA) is 46.6 Å². The Bertz CT molecular complexity index is 468. The summed E-state index contributed by atoms with van der Waals surface area (Å²) in [6, 6.07) is 5.18. The first-order chi connectivity index (χ1) is 8.11. The molecular formula is C13H15NO3. The second-order valence-electron chi connectivity index (χ2n) is 4.12. The number of Topliss-reactive ketones (excluding diaryl/α,β-unsaturated/α-hetero) is 1.